The van der Waals surface area contributed by atoms with Crippen molar-refractivity contribution in [2.75, 3.05) is 106 Å². The zero-order valence-corrected chi connectivity index (χ0v) is 34.2. The minimum Gasteiger partial charge on any atom is -0.491 e. The van der Waals surface area contributed by atoms with E-state index in [0.29, 0.717) is 85.0 Å². The number of rotatable bonds is 37. The van der Waals surface area contributed by atoms with Crippen LogP contribution >= 0.6 is 0 Å². The molecule has 0 spiro atoms. The third kappa shape index (κ3) is 27.1. The molecule has 1 aromatic carbocycles. The first-order chi connectivity index (χ1) is 26.3. The molecule has 1 rings (SSSR count). The minimum atomic E-state index is -0.504. The monoisotopic (exact) mass is 795 g/mol. The highest BCUT2D eigenvalue weighted by atomic mass is 16.6. The molecule has 8 atom stereocenters. The van der Waals surface area contributed by atoms with Gasteiger partial charge in [-0.15, -0.1) is 0 Å². The molecule has 0 amide bonds. The molecule has 0 aromatic heterocycles. The summed E-state index contributed by atoms with van der Waals surface area (Å²) >= 11 is 0. The van der Waals surface area contributed by atoms with Crippen LogP contribution in [0.4, 0.5) is 5.69 Å². The van der Waals surface area contributed by atoms with E-state index in [1.54, 1.807) is 0 Å². The molecule has 0 aliphatic heterocycles. The number of nitro groups is 1. The van der Waals surface area contributed by atoms with Gasteiger partial charge in [-0.1, -0.05) is 0 Å². The number of hydrogen-bond acceptors (Lipinski definition) is 16. The lowest BCUT2D eigenvalue weighted by atomic mass is 10.2. The lowest BCUT2D eigenvalue weighted by molar-refractivity contribution is -0.386. The summed E-state index contributed by atoms with van der Waals surface area (Å²) in [7, 11) is 0. The van der Waals surface area contributed by atoms with Crippen LogP contribution in [0, 0.1) is 10.1 Å². The first kappa shape index (κ1) is 50.8. The summed E-state index contributed by atoms with van der Waals surface area (Å²) in [5.41, 5.74) is -0.181. The van der Waals surface area contributed by atoms with Crippen LogP contribution < -0.4 is 9.47 Å². The van der Waals surface area contributed by atoms with E-state index < -0.39 is 4.92 Å². The molecule has 0 fully saturated rings. The van der Waals surface area contributed by atoms with Crippen molar-refractivity contribution in [1.29, 1.82) is 0 Å². The molecule has 1 aromatic rings. The molecular weight excluding hydrogens is 726 g/mol. The Bertz CT molecular complexity index is 1090. The first-order valence-corrected chi connectivity index (χ1v) is 19.2. The van der Waals surface area contributed by atoms with Crippen LogP contribution in [-0.4, -0.2) is 170 Å². The van der Waals surface area contributed by atoms with Gasteiger partial charge in [0, 0.05) is 12.1 Å². The number of nitro benzene ring substituents is 1. The predicted molar refractivity (Wildman–Crippen MR) is 203 cm³/mol. The van der Waals surface area contributed by atoms with Gasteiger partial charge in [0.2, 0.25) is 5.75 Å². The maximum Gasteiger partial charge on any atom is 0.311 e. The van der Waals surface area contributed by atoms with Crippen molar-refractivity contribution in [3.63, 3.8) is 0 Å². The van der Waals surface area contributed by atoms with Crippen LogP contribution in [-0.2, 0) is 47.4 Å². The third-order valence-corrected chi connectivity index (χ3v) is 7.51. The molecule has 0 radical (unpaired) electrons. The Hall–Kier alpha value is -2.26. The molecule has 322 valence electrons. The summed E-state index contributed by atoms with van der Waals surface area (Å²) < 4.78 is 68.4. The van der Waals surface area contributed by atoms with E-state index in [0.717, 1.165) is 0 Å². The predicted octanol–water partition coefficient (Wildman–Crippen LogP) is 3.61. The Morgan fingerprint density at radius 1 is 0.491 bits per heavy atom. The molecule has 17 nitrogen and oxygen atoms in total. The normalized spacial score (nSPS) is 16.2. The maximum atomic E-state index is 11.7. The van der Waals surface area contributed by atoms with E-state index in [1.165, 1.54) is 18.2 Å². The average Bonchev–Trinajstić information content (AvgIpc) is 3.16. The van der Waals surface area contributed by atoms with Crippen LogP contribution in [0.15, 0.2) is 18.2 Å². The molecular formula is C38H69NO16. The van der Waals surface area contributed by atoms with Crippen LogP contribution in [0.2, 0.25) is 0 Å². The second kappa shape index (κ2) is 31.8. The van der Waals surface area contributed by atoms with E-state index in [-0.39, 0.29) is 86.7 Å². The van der Waals surface area contributed by atoms with E-state index in [1.807, 2.05) is 55.4 Å². The Balaban J connectivity index is 2.35. The van der Waals surface area contributed by atoms with E-state index >= 15 is 0 Å². The lowest BCUT2D eigenvalue weighted by Crippen LogP contribution is -2.29. The summed E-state index contributed by atoms with van der Waals surface area (Å²) in [5.74, 6) is 0.478. The molecule has 0 aliphatic rings. The van der Waals surface area contributed by atoms with Crippen LogP contribution in [0.3, 0.4) is 0 Å². The van der Waals surface area contributed by atoms with Crippen molar-refractivity contribution in [1.82, 2.24) is 0 Å². The second-order valence-corrected chi connectivity index (χ2v) is 13.4. The molecule has 0 aliphatic carbocycles. The van der Waals surface area contributed by atoms with E-state index in [4.69, 9.17) is 67.1 Å². The van der Waals surface area contributed by atoms with Crippen LogP contribution in [0.1, 0.15) is 55.4 Å². The van der Waals surface area contributed by atoms with Gasteiger partial charge >= 0.3 is 5.69 Å². The first-order valence-electron chi connectivity index (χ1n) is 19.2. The Morgan fingerprint density at radius 3 is 1.20 bits per heavy atom. The summed E-state index contributed by atoms with van der Waals surface area (Å²) in [6.45, 7) is 19.9. The van der Waals surface area contributed by atoms with Gasteiger partial charge in [-0.2, -0.15) is 0 Å². The van der Waals surface area contributed by atoms with Gasteiger partial charge in [0.1, 0.15) is 19.0 Å². The zero-order valence-electron chi connectivity index (χ0n) is 34.2. The average molecular weight is 796 g/mol. The van der Waals surface area contributed by atoms with Gasteiger partial charge < -0.3 is 67.1 Å². The molecule has 0 saturated carbocycles. The fourth-order valence-electron chi connectivity index (χ4n) is 4.40. The largest absolute Gasteiger partial charge is 0.491 e. The van der Waals surface area contributed by atoms with Crippen molar-refractivity contribution in [3.8, 4) is 11.5 Å². The highest BCUT2D eigenvalue weighted by molar-refractivity contribution is 5.50. The molecule has 2 N–H and O–H groups in total. The number of ether oxygens (including phenoxy) is 12. The summed E-state index contributed by atoms with van der Waals surface area (Å²) in [6, 6.07) is 4.36. The number of aliphatic hydroxyl groups excluding tert-OH is 2. The second-order valence-electron chi connectivity index (χ2n) is 13.4. The Labute approximate surface area is 327 Å². The molecule has 0 heterocycles. The van der Waals surface area contributed by atoms with Gasteiger partial charge in [0.25, 0.3) is 0 Å². The Morgan fingerprint density at radius 2 is 0.836 bits per heavy atom. The molecule has 55 heavy (non-hydrogen) atoms. The highest BCUT2D eigenvalue weighted by Crippen LogP contribution is 2.31. The third-order valence-electron chi connectivity index (χ3n) is 7.51. The fourth-order valence-corrected chi connectivity index (χ4v) is 4.40. The van der Waals surface area contributed by atoms with Gasteiger partial charge in [0.15, 0.2) is 0 Å². The van der Waals surface area contributed by atoms with Gasteiger partial charge in [-0.3, -0.25) is 10.1 Å². The van der Waals surface area contributed by atoms with Gasteiger partial charge in [-0.05, 0) is 61.5 Å². The van der Waals surface area contributed by atoms with Crippen molar-refractivity contribution in [2.24, 2.45) is 0 Å². The Kier molecular flexibility index (Phi) is 29.3. The molecule has 0 saturated heterocycles. The summed E-state index contributed by atoms with van der Waals surface area (Å²) in [6.07, 6.45) is -1.56. The number of hydrogen-bond donors (Lipinski definition) is 2. The van der Waals surface area contributed by atoms with Crippen molar-refractivity contribution in [3.05, 3.63) is 28.3 Å². The number of nitrogens with zero attached hydrogens (tertiary/aromatic N) is 1. The number of aliphatic hydroxyl groups is 2. The summed E-state index contributed by atoms with van der Waals surface area (Å²) in [4.78, 5) is 11.2. The SMILES string of the molecule is CC(COc1ccc([N+](=O)[O-])c(OCC(C)OCC(C)OCC(C)OCC(C)OCCOCCO)c1)OCC(C)OCC(C)OCC(C)OCCOCCO. The van der Waals surface area contributed by atoms with Gasteiger partial charge in [0.05, 0.1) is 146 Å². The van der Waals surface area contributed by atoms with Crippen molar-refractivity contribution < 1.29 is 72.0 Å². The quantitative estimate of drug-likeness (QED) is 0.0563. The van der Waals surface area contributed by atoms with Crippen molar-refractivity contribution in [2.45, 2.75) is 104 Å². The smallest absolute Gasteiger partial charge is 0.311 e. The van der Waals surface area contributed by atoms with E-state index in [9.17, 15) is 10.1 Å². The van der Waals surface area contributed by atoms with Crippen molar-refractivity contribution >= 4 is 5.69 Å². The standard InChI is InChI=1S/C38H69NO16/c1-28(46-17-15-44-13-11-40)20-48-30(3)22-50-32(5)24-52-34(7)26-54-36-9-10-37(39(42)43)38(19-36)55-27-35(8)53-25-33(6)51-23-31(4)49-21-29(2)47-18-16-45-14-12-41/h9-10,19,28-35,40-41H,11-18,20-27H2,1-8H3. The topological polar surface area (TPSA) is 194 Å². The van der Waals surface area contributed by atoms with E-state index in [2.05, 4.69) is 0 Å². The molecule has 0 bridgehead atoms. The highest BCUT2D eigenvalue weighted by Gasteiger charge is 2.19. The van der Waals surface area contributed by atoms with Crippen LogP contribution in [0.25, 0.3) is 0 Å². The van der Waals surface area contributed by atoms with Gasteiger partial charge in [-0.25, -0.2) is 0 Å². The fraction of sp³-hybridized carbons (Fsp3) is 0.842. The molecule has 17 heteroatoms. The minimum absolute atomic E-state index is 0.0103. The van der Waals surface area contributed by atoms with Crippen LogP contribution in [0.5, 0.6) is 11.5 Å². The lowest BCUT2D eigenvalue weighted by Gasteiger charge is -2.22. The molecule has 8 unspecified atom stereocenters. The number of benzene rings is 1. The maximum absolute atomic E-state index is 11.7. The zero-order chi connectivity index (χ0) is 40.8. The summed E-state index contributed by atoms with van der Waals surface area (Å²) in [5, 5.41) is 29.1.